The lowest BCUT2D eigenvalue weighted by atomic mass is 9.93. The van der Waals surface area contributed by atoms with Gasteiger partial charge in [0.1, 0.15) is 6.04 Å². The predicted molar refractivity (Wildman–Crippen MR) is 76.1 cm³/mol. The first-order valence-corrected chi connectivity index (χ1v) is 7.50. The van der Waals surface area contributed by atoms with E-state index in [1.54, 1.807) is 11.8 Å². The fraction of sp³-hybridized carbons (Fsp3) is 0.692. The molecule has 1 fully saturated rings. The maximum Gasteiger partial charge on any atom is 0.326 e. The van der Waals surface area contributed by atoms with Crippen molar-refractivity contribution in [1.29, 1.82) is 0 Å². The maximum absolute atomic E-state index is 12.0. The molecule has 0 aromatic rings. The van der Waals surface area contributed by atoms with Gasteiger partial charge in [0.25, 0.3) is 0 Å². The first-order chi connectivity index (χ1) is 9.06. The number of hydrogen-bond acceptors (Lipinski definition) is 3. The van der Waals surface area contributed by atoms with Crippen molar-refractivity contribution in [3.8, 4) is 12.3 Å². The molecule has 1 rings (SSSR count). The van der Waals surface area contributed by atoms with E-state index in [2.05, 4.69) is 11.2 Å². The van der Waals surface area contributed by atoms with Crippen LogP contribution in [0.25, 0.3) is 0 Å². The normalized spacial score (nSPS) is 22.6. The van der Waals surface area contributed by atoms with E-state index >= 15 is 0 Å². The second kappa shape index (κ2) is 7.95. The lowest BCUT2D eigenvalue weighted by Crippen LogP contribution is -2.53. The Labute approximate surface area is 118 Å². The topological polar surface area (TPSA) is 69.6 Å². The van der Waals surface area contributed by atoms with Crippen molar-refractivity contribution in [2.45, 2.75) is 25.8 Å². The third kappa shape index (κ3) is 5.03. The van der Waals surface area contributed by atoms with Gasteiger partial charge in [-0.25, -0.2) is 9.59 Å². The lowest BCUT2D eigenvalue weighted by Gasteiger charge is -2.35. The molecule has 6 heteroatoms. The van der Waals surface area contributed by atoms with Crippen molar-refractivity contribution in [1.82, 2.24) is 10.2 Å². The number of aliphatic carboxylic acids is 1. The molecule has 5 nitrogen and oxygen atoms in total. The summed E-state index contributed by atoms with van der Waals surface area (Å²) in [4.78, 5) is 24.6. The van der Waals surface area contributed by atoms with Gasteiger partial charge in [-0.1, -0.05) is 12.8 Å². The van der Waals surface area contributed by atoms with E-state index in [1.165, 1.54) is 4.90 Å². The monoisotopic (exact) mass is 284 g/mol. The average molecular weight is 284 g/mol. The molecule has 1 aliphatic heterocycles. The molecular weight excluding hydrogens is 264 g/mol. The number of urea groups is 1. The third-order valence-electron chi connectivity index (χ3n) is 3.12. The molecule has 106 valence electrons. The smallest absolute Gasteiger partial charge is 0.326 e. The third-order valence-corrected chi connectivity index (χ3v) is 3.98. The Morgan fingerprint density at radius 1 is 1.58 bits per heavy atom. The van der Waals surface area contributed by atoms with Crippen molar-refractivity contribution in [3.05, 3.63) is 0 Å². The Bertz CT molecular complexity index is 367. The van der Waals surface area contributed by atoms with Crippen LogP contribution >= 0.6 is 11.8 Å². The van der Waals surface area contributed by atoms with Crippen molar-refractivity contribution in [3.63, 3.8) is 0 Å². The zero-order valence-electron chi connectivity index (χ0n) is 11.1. The average Bonchev–Trinajstić information content (AvgIpc) is 2.38. The zero-order valence-corrected chi connectivity index (χ0v) is 11.9. The number of hydrogen-bond donors (Lipinski definition) is 2. The van der Waals surface area contributed by atoms with E-state index in [0.717, 1.165) is 12.2 Å². The van der Waals surface area contributed by atoms with Gasteiger partial charge in [-0.15, -0.1) is 18.2 Å². The van der Waals surface area contributed by atoms with E-state index < -0.39 is 12.0 Å². The van der Waals surface area contributed by atoms with Crippen molar-refractivity contribution >= 4 is 23.8 Å². The summed E-state index contributed by atoms with van der Waals surface area (Å²) < 4.78 is 0. The first-order valence-electron chi connectivity index (χ1n) is 6.34. The fourth-order valence-corrected chi connectivity index (χ4v) is 2.59. The van der Waals surface area contributed by atoms with Crippen LogP contribution in [-0.4, -0.2) is 52.6 Å². The highest BCUT2D eigenvalue weighted by Crippen LogP contribution is 2.22. The van der Waals surface area contributed by atoms with Crippen LogP contribution in [0.5, 0.6) is 0 Å². The number of carboxylic acid groups (broad SMARTS) is 1. The summed E-state index contributed by atoms with van der Waals surface area (Å²) >= 11 is 1.56. The van der Waals surface area contributed by atoms with E-state index in [0.29, 0.717) is 31.2 Å². The molecule has 2 atom stereocenters. The van der Waals surface area contributed by atoms with Crippen molar-refractivity contribution in [2.24, 2.45) is 5.92 Å². The summed E-state index contributed by atoms with van der Waals surface area (Å²) in [6.07, 6.45) is 6.49. The molecule has 2 N–H and O–H groups in total. The van der Waals surface area contributed by atoms with Crippen LogP contribution in [0.2, 0.25) is 0 Å². The molecule has 0 bridgehead atoms. The molecule has 19 heavy (non-hydrogen) atoms. The van der Waals surface area contributed by atoms with Crippen LogP contribution in [0, 0.1) is 18.3 Å². The van der Waals surface area contributed by atoms with Gasteiger partial charge in [0.2, 0.25) is 0 Å². The molecule has 0 radical (unpaired) electrons. The standard InChI is InChI=1S/C13H20N2O3S/c1-3-7-19-8-5-14-13(18)15-6-4-10(2)9-11(15)12(16)17/h1,10-11H,4-9H2,2H3,(H,14,18)(H,16,17). The minimum absolute atomic E-state index is 0.291. The fourth-order valence-electron chi connectivity index (χ4n) is 2.08. The Balaban J connectivity index is 2.41. The number of nitrogens with one attached hydrogen (secondary N) is 1. The molecule has 0 aromatic carbocycles. The first kappa shape index (κ1) is 15.7. The number of thioether (sulfide) groups is 1. The number of carbonyl (C=O) groups is 2. The number of carboxylic acids is 1. The number of likely N-dealkylation sites (tertiary alicyclic amines) is 1. The highest BCUT2D eigenvalue weighted by atomic mass is 32.2. The highest BCUT2D eigenvalue weighted by molar-refractivity contribution is 7.99. The minimum Gasteiger partial charge on any atom is -0.480 e. The molecule has 2 amide bonds. The van der Waals surface area contributed by atoms with E-state index in [1.807, 2.05) is 6.92 Å². The molecule has 2 unspecified atom stereocenters. The summed E-state index contributed by atoms with van der Waals surface area (Å²) in [7, 11) is 0. The van der Waals surface area contributed by atoms with Gasteiger partial charge in [0.15, 0.2) is 0 Å². The van der Waals surface area contributed by atoms with Gasteiger partial charge in [0, 0.05) is 18.8 Å². The van der Waals surface area contributed by atoms with Gasteiger partial charge in [-0.2, -0.15) is 0 Å². The second-order valence-corrected chi connectivity index (χ2v) is 5.77. The maximum atomic E-state index is 12.0. The number of carbonyl (C=O) groups excluding carboxylic acids is 1. The summed E-state index contributed by atoms with van der Waals surface area (Å²) in [5.41, 5.74) is 0. The number of piperidine rings is 1. The van der Waals surface area contributed by atoms with Crippen LogP contribution in [-0.2, 0) is 4.79 Å². The van der Waals surface area contributed by atoms with E-state index in [4.69, 9.17) is 11.5 Å². The van der Waals surface area contributed by atoms with Crippen LogP contribution in [0.15, 0.2) is 0 Å². The molecule has 0 aliphatic carbocycles. The number of amides is 2. The van der Waals surface area contributed by atoms with Gasteiger partial charge in [-0.05, 0) is 18.8 Å². The van der Waals surface area contributed by atoms with Crippen LogP contribution in [0.4, 0.5) is 4.79 Å². The van der Waals surface area contributed by atoms with Gasteiger partial charge in [-0.3, -0.25) is 0 Å². The number of terminal acetylenes is 1. The quantitative estimate of drug-likeness (QED) is 0.589. The van der Waals surface area contributed by atoms with E-state index in [-0.39, 0.29) is 6.03 Å². The SMILES string of the molecule is C#CCSCCNC(=O)N1CCC(C)CC1C(=O)O. The van der Waals surface area contributed by atoms with Crippen LogP contribution in [0.3, 0.4) is 0 Å². The summed E-state index contributed by atoms with van der Waals surface area (Å²) in [5.74, 6) is 3.28. The highest BCUT2D eigenvalue weighted by Gasteiger charge is 2.34. The predicted octanol–water partition coefficient (Wildman–Crippen LogP) is 1.25. The van der Waals surface area contributed by atoms with Gasteiger partial charge < -0.3 is 15.3 Å². The Hall–Kier alpha value is -1.35. The molecule has 0 spiro atoms. The molecule has 1 heterocycles. The van der Waals surface area contributed by atoms with Crippen molar-refractivity contribution in [2.75, 3.05) is 24.6 Å². The Morgan fingerprint density at radius 2 is 2.32 bits per heavy atom. The number of rotatable bonds is 5. The van der Waals surface area contributed by atoms with Gasteiger partial charge >= 0.3 is 12.0 Å². The molecular formula is C13H20N2O3S. The van der Waals surface area contributed by atoms with Crippen LogP contribution in [0.1, 0.15) is 19.8 Å². The zero-order chi connectivity index (χ0) is 14.3. The second-order valence-electron chi connectivity index (χ2n) is 4.67. The largest absolute Gasteiger partial charge is 0.480 e. The Morgan fingerprint density at radius 3 is 2.95 bits per heavy atom. The summed E-state index contributed by atoms with van der Waals surface area (Å²) in [5, 5.41) is 11.9. The Kier molecular flexibility index (Phi) is 6.57. The molecule has 0 aromatic heterocycles. The van der Waals surface area contributed by atoms with E-state index in [9.17, 15) is 9.59 Å². The lowest BCUT2D eigenvalue weighted by molar-refractivity contribution is -0.143. The molecule has 1 saturated heterocycles. The molecule has 0 saturated carbocycles. The van der Waals surface area contributed by atoms with Gasteiger partial charge in [0.05, 0.1) is 5.75 Å². The van der Waals surface area contributed by atoms with Crippen molar-refractivity contribution < 1.29 is 14.7 Å². The van der Waals surface area contributed by atoms with Crippen LogP contribution < -0.4 is 5.32 Å². The summed E-state index contributed by atoms with van der Waals surface area (Å²) in [6, 6.07) is -0.997. The molecule has 1 aliphatic rings. The minimum atomic E-state index is -0.927. The number of nitrogens with zero attached hydrogens (tertiary/aromatic N) is 1. The summed E-state index contributed by atoms with van der Waals surface area (Å²) in [6.45, 7) is 3.02.